The first-order chi connectivity index (χ1) is 15.0. The lowest BCUT2D eigenvalue weighted by Crippen LogP contribution is -2.37. The van der Waals surface area contributed by atoms with Crippen molar-refractivity contribution in [1.82, 2.24) is 24.9 Å². The van der Waals surface area contributed by atoms with Crippen molar-refractivity contribution in [3.8, 4) is 11.5 Å². The van der Waals surface area contributed by atoms with Crippen molar-refractivity contribution in [3.63, 3.8) is 0 Å². The number of pyridine rings is 1. The molecule has 1 amide bonds. The number of cyclic esters (lactones) is 1. The van der Waals surface area contributed by atoms with Gasteiger partial charge < -0.3 is 14.8 Å². The first-order valence-electron chi connectivity index (χ1n) is 9.96. The molecule has 0 aromatic carbocycles. The van der Waals surface area contributed by atoms with Crippen molar-refractivity contribution in [2.24, 2.45) is 5.92 Å². The zero-order valence-electron chi connectivity index (χ0n) is 17.5. The van der Waals surface area contributed by atoms with Crippen molar-refractivity contribution in [2.45, 2.75) is 32.9 Å². The van der Waals surface area contributed by atoms with Gasteiger partial charge in [-0.1, -0.05) is 13.8 Å². The van der Waals surface area contributed by atoms with E-state index < -0.39 is 6.09 Å². The Morgan fingerprint density at radius 1 is 1.10 bits per heavy atom. The summed E-state index contributed by atoms with van der Waals surface area (Å²) < 4.78 is 10.9. The summed E-state index contributed by atoms with van der Waals surface area (Å²) in [4.78, 5) is 35.2. The molecule has 1 N–H and O–H groups in total. The molecule has 160 valence electrons. The van der Waals surface area contributed by atoms with Crippen LogP contribution in [-0.2, 0) is 4.74 Å². The second kappa shape index (κ2) is 8.90. The van der Waals surface area contributed by atoms with Crippen LogP contribution in [0.25, 0.3) is 0 Å². The third-order valence-corrected chi connectivity index (χ3v) is 4.81. The van der Waals surface area contributed by atoms with E-state index in [1.54, 1.807) is 54.1 Å². The molecule has 1 aliphatic rings. The maximum absolute atomic E-state index is 12.2. The van der Waals surface area contributed by atoms with Gasteiger partial charge in [0.2, 0.25) is 5.95 Å². The molecule has 0 aliphatic carbocycles. The Morgan fingerprint density at radius 2 is 1.90 bits per heavy atom. The molecule has 0 spiro atoms. The second-order valence-corrected chi connectivity index (χ2v) is 7.43. The van der Waals surface area contributed by atoms with Gasteiger partial charge in [-0.05, 0) is 31.0 Å². The van der Waals surface area contributed by atoms with Crippen molar-refractivity contribution in [2.75, 3.05) is 16.8 Å². The summed E-state index contributed by atoms with van der Waals surface area (Å²) in [7, 11) is 0. The van der Waals surface area contributed by atoms with E-state index in [1.165, 1.54) is 0 Å². The van der Waals surface area contributed by atoms with Crippen LogP contribution in [0.5, 0.6) is 11.5 Å². The van der Waals surface area contributed by atoms with E-state index in [-0.39, 0.29) is 18.0 Å². The van der Waals surface area contributed by atoms with Gasteiger partial charge >= 0.3 is 6.09 Å². The highest BCUT2D eigenvalue weighted by Crippen LogP contribution is 2.26. The highest BCUT2D eigenvalue weighted by atomic mass is 16.6. The molecule has 0 saturated carbocycles. The van der Waals surface area contributed by atoms with Crippen LogP contribution in [0.2, 0.25) is 0 Å². The molecule has 4 heterocycles. The van der Waals surface area contributed by atoms with Crippen LogP contribution in [0.4, 0.5) is 16.6 Å². The molecule has 31 heavy (non-hydrogen) atoms. The molecule has 3 aromatic heterocycles. The van der Waals surface area contributed by atoms with Crippen molar-refractivity contribution >= 4 is 17.9 Å². The van der Waals surface area contributed by atoms with E-state index in [9.17, 15) is 4.79 Å². The van der Waals surface area contributed by atoms with E-state index in [2.05, 4.69) is 30.2 Å². The molecule has 0 bridgehead atoms. The number of aromatic nitrogens is 5. The number of carbonyl (C=O) groups is 1. The first-order valence-corrected chi connectivity index (χ1v) is 9.96. The molecular weight excluding hydrogens is 398 g/mol. The average molecular weight is 421 g/mol. The fourth-order valence-corrected chi connectivity index (χ4v) is 3.15. The molecule has 0 radical (unpaired) electrons. The Bertz CT molecular complexity index is 1030. The summed E-state index contributed by atoms with van der Waals surface area (Å²) in [6.45, 7) is 6.33. The highest BCUT2D eigenvalue weighted by molar-refractivity contribution is 5.89. The predicted molar refractivity (Wildman–Crippen MR) is 113 cm³/mol. The zero-order valence-corrected chi connectivity index (χ0v) is 17.5. The van der Waals surface area contributed by atoms with Gasteiger partial charge in [-0.2, -0.15) is 4.98 Å². The summed E-state index contributed by atoms with van der Waals surface area (Å²) >= 11 is 0. The summed E-state index contributed by atoms with van der Waals surface area (Å²) in [5, 5.41) is 3.17. The lowest BCUT2D eigenvalue weighted by atomic mass is 10.0. The lowest BCUT2D eigenvalue weighted by Gasteiger charge is -2.23. The van der Waals surface area contributed by atoms with E-state index >= 15 is 0 Å². The van der Waals surface area contributed by atoms with Gasteiger partial charge in [0.15, 0.2) is 11.6 Å². The van der Waals surface area contributed by atoms with Crippen molar-refractivity contribution < 1.29 is 14.3 Å². The molecule has 2 atom stereocenters. The summed E-state index contributed by atoms with van der Waals surface area (Å²) in [6.07, 6.45) is 7.68. The number of carbonyl (C=O) groups excluding carboxylic acids is 1. The Hall–Kier alpha value is -3.82. The van der Waals surface area contributed by atoms with Gasteiger partial charge in [-0.15, -0.1) is 0 Å². The van der Waals surface area contributed by atoms with Crippen LogP contribution in [0, 0.1) is 5.92 Å². The third-order valence-electron chi connectivity index (χ3n) is 4.81. The minimum Gasteiger partial charge on any atom is -0.452 e. The Morgan fingerprint density at radius 3 is 2.61 bits per heavy atom. The quantitative estimate of drug-likeness (QED) is 0.611. The maximum Gasteiger partial charge on any atom is 0.415 e. The number of hydrogen-bond acceptors (Lipinski definition) is 9. The number of nitrogens with zero attached hydrogens (tertiary/aromatic N) is 6. The van der Waals surface area contributed by atoms with Gasteiger partial charge in [-0.25, -0.2) is 19.7 Å². The van der Waals surface area contributed by atoms with Crippen LogP contribution in [0.15, 0.2) is 49.2 Å². The van der Waals surface area contributed by atoms with E-state index in [4.69, 9.17) is 9.47 Å². The molecule has 10 heteroatoms. The molecule has 1 fully saturated rings. The molecule has 4 rings (SSSR count). The second-order valence-electron chi connectivity index (χ2n) is 7.43. The number of hydrogen-bond donors (Lipinski definition) is 1. The largest absolute Gasteiger partial charge is 0.452 e. The first kappa shape index (κ1) is 20.5. The SMILES string of the molecule is CC(Nc1nccc(N2C(=O)OC[C@@H]2C(C)C)n1)c1ncc(Oc2cccnc2)cn1. The number of nitrogens with one attached hydrogen (secondary N) is 1. The zero-order chi connectivity index (χ0) is 21.8. The van der Waals surface area contributed by atoms with Crippen LogP contribution in [0.3, 0.4) is 0 Å². The molecule has 1 aliphatic heterocycles. The van der Waals surface area contributed by atoms with Crippen LogP contribution < -0.4 is 15.0 Å². The van der Waals surface area contributed by atoms with Crippen LogP contribution >= 0.6 is 0 Å². The Labute approximate surface area is 179 Å². The topological polar surface area (TPSA) is 115 Å². The smallest absolute Gasteiger partial charge is 0.415 e. The van der Waals surface area contributed by atoms with Gasteiger partial charge in [0.1, 0.15) is 18.2 Å². The van der Waals surface area contributed by atoms with E-state index in [0.717, 1.165) is 0 Å². The molecule has 3 aromatic rings. The lowest BCUT2D eigenvalue weighted by molar-refractivity contribution is 0.177. The minimum atomic E-state index is -0.399. The Kier molecular flexibility index (Phi) is 5.87. The third kappa shape index (κ3) is 4.68. The summed E-state index contributed by atoms with van der Waals surface area (Å²) in [6, 6.07) is 4.95. The molecule has 10 nitrogen and oxygen atoms in total. The standard InChI is InChI=1S/C21H23N7O3/c1-13(2)17-12-30-21(29)28(17)18-6-8-23-20(27-18)26-14(3)19-24-10-16(11-25-19)31-15-5-4-7-22-9-15/h4-11,13-14,17H,12H2,1-3H3,(H,23,26,27)/t14?,17-/m1/s1. The van der Waals surface area contributed by atoms with Crippen LogP contribution in [-0.4, -0.2) is 43.7 Å². The number of anilines is 2. The summed E-state index contributed by atoms with van der Waals surface area (Å²) in [5.41, 5.74) is 0. The van der Waals surface area contributed by atoms with Crippen LogP contribution in [0.1, 0.15) is 32.6 Å². The maximum atomic E-state index is 12.2. The molecule has 1 saturated heterocycles. The normalized spacial score (nSPS) is 16.8. The van der Waals surface area contributed by atoms with E-state index in [1.807, 2.05) is 20.8 Å². The fraction of sp³-hybridized carbons (Fsp3) is 0.333. The highest BCUT2D eigenvalue weighted by Gasteiger charge is 2.37. The van der Waals surface area contributed by atoms with Gasteiger partial charge in [0, 0.05) is 12.4 Å². The number of amides is 1. The monoisotopic (exact) mass is 421 g/mol. The van der Waals surface area contributed by atoms with Gasteiger partial charge in [-0.3, -0.25) is 9.88 Å². The average Bonchev–Trinajstić information content (AvgIpc) is 3.17. The molecule has 1 unspecified atom stereocenters. The van der Waals surface area contributed by atoms with E-state index in [0.29, 0.717) is 35.7 Å². The number of rotatable bonds is 7. The Balaban J connectivity index is 1.44. The summed E-state index contributed by atoms with van der Waals surface area (Å²) in [5.74, 6) is 2.76. The van der Waals surface area contributed by atoms with Gasteiger partial charge in [0.25, 0.3) is 0 Å². The van der Waals surface area contributed by atoms with Crippen molar-refractivity contribution in [1.29, 1.82) is 0 Å². The predicted octanol–water partition coefficient (Wildman–Crippen LogP) is 3.61. The van der Waals surface area contributed by atoms with Crippen molar-refractivity contribution in [3.05, 3.63) is 55.0 Å². The number of ether oxygens (including phenoxy) is 2. The van der Waals surface area contributed by atoms with Gasteiger partial charge in [0.05, 0.1) is 30.7 Å². The minimum absolute atomic E-state index is 0.0663. The fourth-order valence-electron chi connectivity index (χ4n) is 3.15. The molecular formula is C21H23N7O3.